The summed E-state index contributed by atoms with van der Waals surface area (Å²) in [5.74, 6) is 0.353. The summed E-state index contributed by atoms with van der Waals surface area (Å²) in [6.07, 6.45) is 0. The zero-order chi connectivity index (χ0) is 9.84. The molecule has 14 heavy (non-hydrogen) atoms. The van der Waals surface area contributed by atoms with E-state index >= 15 is 0 Å². The molecule has 0 amide bonds. The molecule has 1 aromatic rings. The van der Waals surface area contributed by atoms with Gasteiger partial charge in [0.2, 0.25) is 0 Å². The topological polar surface area (TPSA) is 9.23 Å². The molecule has 74 valence electrons. The molecule has 0 aliphatic rings. The van der Waals surface area contributed by atoms with Crippen molar-refractivity contribution in [3.8, 4) is 5.75 Å². The molecular weight excluding hydrogens is 412 g/mol. The average molecular weight is 422 g/mol. The van der Waals surface area contributed by atoms with Crippen molar-refractivity contribution in [2.45, 2.75) is 19.8 Å². The van der Waals surface area contributed by atoms with Crippen molar-refractivity contribution >= 4 is 0 Å². The fourth-order valence-corrected chi connectivity index (χ4v) is 0.962. The molecule has 1 rings (SSSR count). The van der Waals surface area contributed by atoms with E-state index in [1.54, 1.807) is 12.1 Å². The molecule has 0 bridgehead atoms. The smallest absolute Gasteiger partial charge is 0.618 e. The third kappa shape index (κ3) is 4.43. The fraction of sp³-hybridized carbons (Fsp3) is 0.300. The Bertz CT molecular complexity index is 277. The Kier molecular flexibility index (Phi) is 6.39. The van der Waals surface area contributed by atoms with Crippen LogP contribution in [0.4, 0.5) is 8.78 Å². The summed E-state index contributed by atoms with van der Waals surface area (Å²) in [5.41, 5.74) is 0.954. The van der Waals surface area contributed by atoms with Gasteiger partial charge in [-0.1, -0.05) is 13.8 Å². The van der Waals surface area contributed by atoms with Crippen LogP contribution < -0.4 is 4.74 Å². The van der Waals surface area contributed by atoms with Gasteiger partial charge in [-0.2, -0.15) is 17.7 Å². The van der Waals surface area contributed by atoms with Crippen molar-refractivity contribution in [3.05, 3.63) is 36.4 Å². The van der Waals surface area contributed by atoms with Crippen LogP contribution in [0.15, 0.2) is 18.2 Å². The first-order valence-electron chi connectivity index (χ1n) is 3.97. The van der Waals surface area contributed by atoms with Gasteiger partial charge in [0.15, 0.2) is 6.61 Å². The Labute approximate surface area is 106 Å². The van der Waals surface area contributed by atoms with Crippen molar-refractivity contribution in [2.24, 2.45) is 0 Å². The minimum Gasteiger partial charge on any atom is -0.618 e. The summed E-state index contributed by atoms with van der Waals surface area (Å²) in [6.45, 7) is 1.90. The van der Waals surface area contributed by atoms with Crippen LogP contribution in [0.3, 0.4) is 0 Å². The normalized spacial score (nSPS) is 10.1. The summed E-state index contributed by atoms with van der Waals surface area (Å²) in [6, 6.07) is 7.54. The first kappa shape index (κ1) is 13.9. The van der Waals surface area contributed by atoms with E-state index in [0.29, 0.717) is 5.92 Å². The number of halogens is 2. The van der Waals surface area contributed by atoms with Crippen molar-refractivity contribution in [3.63, 3.8) is 0 Å². The molecule has 1 aromatic carbocycles. The van der Waals surface area contributed by atoms with E-state index < -0.39 is 6.61 Å². The number of ether oxygens (including phenoxy) is 1. The summed E-state index contributed by atoms with van der Waals surface area (Å²) in [7, 11) is 0. The van der Waals surface area contributed by atoms with E-state index in [-0.39, 0.29) is 36.9 Å². The number of hydrogen-bond acceptors (Lipinski definition) is 1. The zero-order valence-corrected chi connectivity index (χ0v) is 12.1. The van der Waals surface area contributed by atoms with E-state index in [2.05, 4.69) is 10.8 Å². The largest absolute Gasteiger partial charge is 2.00 e. The minimum absolute atomic E-state index is 0. The van der Waals surface area contributed by atoms with Gasteiger partial charge < -0.3 is 13.5 Å². The van der Waals surface area contributed by atoms with Crippen LogP contribution >= 0.6 is 0 Å². The van der Waals surface area contributed by atoms with Crippen molar-refractivity contribution in [1.29, 1.82) is 0 Å². The third-order valence-corrected chi connectivity index (χ3v) is 1.65. The molecule has 0 atom stereocenters. The molecule has 0 radical (unpaired) electrons. The van der Waals surface area contributed by atoms with Crippen LogP contribution in [0.1, 0.15) is 25.3 Å². The van der Waals surface area contributed by atoms with E-state index in [9.17, 15) is 8.78 Å². The van der Waals surface area contributed by atoms with Crippen LogP contribution in [0.25, 0.3) is 0 Å². The summed E-state index contributed by atoms with van der Waals surface area (Å²) >= 11 is 0. The third-order valence-electron chi connectivity index (χ3n) is 1.65. The number of benzene rings is 1. The van der Waals surface area contributed by atoms with Crippen LogP contribution in [0, 0.1) is 43.8 Å². The zero-order valence-electron chi connectivity index (χ0n) is 7.97. The molecule has 4 heteroatoms. The van der Waals surface area contributed by atoms with Crippen LogP contribution in [0.2, 0.25) is 0 Å². The Morgan fingerprint density at radius 2 is 2.07 bits per heavy atom. The Hall–Kier alpha value is -0.0681. The maximum Gasteiger partial charge on any atom is 2.00 e. The van der Waals surface area contributed by atoms with Gasteiger partial charge in [-0.05, 0) is 11.7 Å². The van der Waals surface area contributed by atoms with Crippen molar-refractivity contribution in [2.75, 3.05) is 0 Å². The second-order valence-electron chi connectivity index (χ2n) is 2.97. The van der Waals surface area contributed by atoms with Gasteiger partial charge in [0.05, 0.1) is 0 Å². The predicted octanol–water partition coefficient (Wildman–Crippen LogP) is 3.37. The van der Waals surface area contributed by atoms with Crippen molar-refractivity contribution < 1.29 is 44.6 Å². The quantitative estimate of drug-likeness (QED) is 0.679. The Balaban J connectivity index is 0.00000169. The molecule has 0 aliphatic carbocycles. The van der Waals surface area contributed by atoms with Crippen LogP contribution in [-0.4, -0.2) is 0 Å². The maximum absolute atomic E-state index is 11.7. The molecule has 0 unspecified atom stereocenters. The van der Waals surface area contributed by atoms with Crippen LogP contribution in [0.5, 0.6) is 5.75 Å². The molecule has 0 fully saturated rings. The first-order valence-corrected chi connectivity index (χ1v) is 3.97. The van der Waals surface area contributed by atoms with E-state index in [1.165, 1.54) is 0 Å². The maximum atomic E-state index is 11.7. The number of hydrogen-bond donors (Lipinski definition) is 0. The number of rotatable bonds is 3. The molecule has 0 saturated carbocycles. The SMILES string of the molecule is CC(C)c1cc[c-]c(O[C-](F)F)c1.[U+2]. The molecule has 0 saturated heterocycles. The van der Waals surface area contributed by atoms with Gasteiger partial charge in [0.25, 0.3) is 0 Å². The Morgan fingerprint density at radius 3 is 2.57 bits per heavy atom. The Morgan fingerprint density at radius 1 is 1.43 bits per heavy atom. The van der Waals surface area contributed by atoms with E-state index in [0.717, 1.165) is 5.56 Å². The summed E-state index contributed by atoms with van der Waals surface area (Å²) in [4.78, 5) is 0. The molecule has 0 heterocycles. The fourth-order valence-electron chi connectivity index (χ4n) is 0.962. The van der Waals surface area contributed by atoms with Gasteiger partial charge in [-0.3, -0.25) is 0 Å². The second-order valence-corrected chi connectivity index (χ2v) is 2.97. The van der Waals surface area contributed by atoms with Crippen molar-refractivity contribution in [1.82, 2.24) is 0 Å². The first-order chi connectivity index (χ1) is 6.09. The van der Waals surface area contributed by atoms with E-state index in [1.807, 2.05) is 19.9 Å². The predicted molar refractivity (Wildman–Crippen MR) is 45.5 cm³/mol. The monoisotopic (exact) mass is 422 g/mol. The molecule has 0 spiro atoms. The minimum atomic E-state index is -2.06. The van der Waals surface area contributed by atoms with Gasteiger partial charge in [0.1, 0.15) is 0 Å². The van der Waals surface area contributed by atoms with Gasteiger partial charge in [0, 0.05) is 0 Å². The van der Waals surface area contributed by atoms with E-state index in [4.69, 9.17) is 0 Å². The standard InChI is InChI=1S/C10H10F2O.U/c1-7(2)8-4-3-5-9(6-8)13-10(11)12;/h3-4,6-7H,1-2H3;/q-2;+2. The molecule has 1 nitrogen and oxygen atoms in total. The summed E-state index contributed by atoms with van der Waals surface area (Å²) < 4.78 is 27.6. The molecule has 0 N–H and O–H groups in total. The summed E-state index contributed by atoms with van der Waals surface area (Å²) in [5, 5.41) is 0. The second kappa shape index (κ2) is 6.42. The van der Waals surface area contributed by atoms with Gasteiger partial charge in [-0.15, -0.1) is 12.1 Å². The van der Waals surface area contributed by atoms with Gasteiger partial charge >= 0.3 is 31.1 Å². The molecule has 0 aliphatic heterocycles. The molecule has 0 aromatic heterocycles. The van der Waals surface area contributed by atoms with Gasteiger partial charge in [-0.25, -0.2) is 0 Å². The average Bonchev–Trinajstić information content (AvgIpc) is 2.03. The molecular formula is C10H10F2OU. The van der Waals surface area contributed by atoms with Crippen LogP contribution in [-0.2, 0) is 0 Å².